The Kier molecular flexibility index (Phi) is 7.53. The van der Waals surface area contributed by atoms with Gasteiger partial charge in [-0.2, -0.15) is 18.2 Å². The third-order valence-electron chi connectivity index (χ3n) is 7.71. The lowest BCUT2D eigenvalue weighted by atomic mass is 9.90. The fraction of sp³-hybridized carbons (Fsp3) is 0.630. The average Bonchev–Trinajstić information content (AvgIpc) is 3.62. The number of halogens is 3. The lowest BCUT2D eigenvalue weighted by molar-refractivity contribution is -0.141. The molecule has 0 bridgehead atoms. The summed E-state index contributed by atoms with van der Waals surface area (Å²) in [5.74, 6) is 0.477. The Morgan fingerprint density at radius 3 is 2.32 bits per heavy atom. The molecule has 0 aromatic carbocycles. The van der Waals surface area contributed by atoms with E-state index >= 15 is 0 Å². The first-order valence-corrected chi connectivity index (χ1v) is 13.4. The predicted molar refractivity (Wildman–Crippen MR) is 132 cm³/mol. The summed E-state index contributed by atoms with van der Waals surface area (Å²) in [6, 6.07) is 3.35. The molecule has 0 radical (unpaired) electrons. The van der Waals surface area contributed by atoms with Gasteiger partial charge < -0.3 is 14.2 Å². The van der Waals surface area contributed by atoms with Crippen molar-refractivity contribution in [3.63, 3.8) is 0 Å². The molecular weight excluding hydrogens is 485 g/mol. The number of ketones is 2. The number of Topliss-reactive ketones (excluding diaryl/α,β-unsaturated/α-hetero) is 2. The first-order valence-electron chi connectivity index (χ1n) is 13.4. The predicted octanol–water partition coefficient (Wildman–Crippen LogP) is 5.48. The Balaban J connectivity index is 1.19. The van der Waals surface area contributed by atoms with Crippen LogP contribution in [0.5, 0.6) is 0 Å². The van der Waals surface area contributed by atoms with Crippen LogP contribution in [0, 0.1) is 11.8 Å². The lowest BCUT2D eigenvalue weighted by Crippen LogP contribution is -2.36. The van der Waals surface area contributed by atoms with E-state index in [0.717, 1.165) is 63.4 Å². The molecule has 0 unspecified atom stereocenters. The molecular formula is C27H33F3N4O3. The molecule has 1 saturated carbocycles. The molecule has 2 aromatic rings. The highest BCUT2D eigenvalue weighted by Gasteiger charge is 2.41. The number of nitrogens with zero attached hydrogens (tertiary/aromatic N) is 4. The number of rotatable bonds is 9. The van der Waals surface area contributed by atoms with Gasteiger partial charge in [-0.3, -0.25) is 9.59 Å². The van der Waals surface area contributed by atoms with Crippen LogP contribution in [-0.4, -0.2) is 47.7 Å². The maximum Gasteiger partial charge on any atom is 0.437 e. The third-order valence-corrected chi connectivity index (χ3v) is 7.71. The average molecular weight is 519 g/mol. The second kappa shape index (κ2) is 10.8. The SMILES string of the molecule is O=C(Cc1ccc(N2CCC(C(=O)CCC3CC3)CC2)nc1)c1oc(N2CCCCC2)nc1C(F)(F)F. The summed E-state index contributed by atoms with van der Waals surface area (Å²) in [6.07, 6.45) is 5.03. The van der Waals surface area contributed by atoms with Crippen molar-refractivity contribution in [3.05, 3.63) is 35.3 Å². The van der Waals surface area contributed by atoms with E-state index in [0.29, 0.717) is 30.9 Å². The molecule has 2 saturated heterocycles. The summed E-state index contributed by atoms with van der Waals surface area (Å²) in [5.41, 5.74) is -0.764. The molecule has 0 amide bonds. The topological polar surface area (TPSA) is 79.5 Å². The van der Waals surface area contributed by atoms with Crippen molar-refractivity contribution >= 4 is 23.4 Å². The van der Waals surface area contributed by atoms with Gasteiger partial charge in [0.1, 0.15) is 11.6 Å². The van der Waals surface area contributed by atoms with Gasteiger partial charge in [0, 0.05) is 51.1 Å². The summed E-state index contributed by atoms with van der Waals surface area (Å²) in [7, 11) is 0. The fourth-order valence-corrected chi connectivity index (χ4v) is 5.27. The highest BCUT2D eigenvalue weighted by Crippen LogP contribution is 2.36. The second-order valence-corrected chi connectivity index (χ2v) is 10.6. The van der Waals surface area contributed by atoms with Crippen LogP contribution in [-0.2, 0) is 17.4 Å². The van der Waals surface area contributed by atoms with Gasteiger partial charge in [0.2, 0.25) is 11.5 Å². The molecule has 5 rings (SSSR count). The van der Waals surface area contributed by atoms with Crippen LogP contribution in [0.15, 0.2) is 22.7 Å². The number of anilines is 2. The minimum atomic E-state index is -4.78. The van der Waals surface area contributed by atoms with Crippen molar-refractivity contribution in [1.82, 2.24) is 9.97 Å². The lowest BCUT2D eigenvalue weighted by Gasteiger charge is -2.32. The second-order valence-electron chi connectivity index (χ2n) is 10.6. The Labute approximate surface area is 214 Å². The molecule has 4 heterocycles. The number of hydrogen-bond donors (Lipinski definition) is 0. The Morgan fingerprint density at radius 1 is 0.973 bits per heavy atom. The van der Waals surface area contributed by atoms with Gasteiger partial charge in [-0.15, -0.1) is 0 Å². The summed E-state index contributed by atoms with van der Waals surface area (Å²) in [6.45, 7) is 2.58. The summed E-state index contributed by atoms with van der Waals surface area (Å²) in [5, 5.41) is 0. The molecule has 1 aliphatic carbocycles. The smallest absolute Gasteiger partial charge is 0.420 e. The van der Waals surface area contributed by atoms with Gasteiger partial charge in [-0.25, -0.2) is 4.98 Å². The van der Waals surface area contributed by atoms with Gasteiger partial charge >= 0.3 is 6.18 Å². The first-order chi connectivity index (χ1) is 17.8. The van der Waals surface area contributed by atoms with E-state index in [4.69, 9.17) is 4.42 Å². The zero-order valence-corrected chi connectivity index (χ0v) is 20.9. The summed E-state index contributed by atoms with van der Waals surface area (Å²) >= 11 is 0. The van der Waals surface area contributed by atoms with Crippen LogP contribution in [0.1, 0.15) is 79.6 Å². The van der Waals surface area contributed by atoms with E-state index in [2.05, 4.69) is 14.9 Å². The zero-order chi connectivity index (χ0) is 26.0. The minimum Gasteiger partial charge on any atom is -0.420 e. The van der Waals surface area contributed by atoms with Crippen LogP contribution in [0.2, 0.25) is 0 Å². The standard InChI is InChI=1S/C27H33F3N4O3/c28-27(29,30)25-24(37-26(32-25)34-12-2-1-3-13-34)22(36)16-19-7-9-23(31-17-19)33-14-10-20(11-15-33)21(35)8-6-18-4-5-18/h7,9,17-18,20H,1-6,8,10-16H2. The van der Waals surface area contributed by atoms with Crippen molar-refractivity contribution in [2.24, 2.45) is 11.8 Å². The fourth-order valence-electron chi connectivity index (χ4n) is 5.27. The largest absolute Gasteiger partial charge is 0.437 e. The van der Waals surface area contributed by atoms with E-state index in [1.165, 1.54) is 19.0 Å². The van der Waals surface area contributed by atoms with Crippen LogP contribution >= 0.6 is 0 Å². The minimum absolute atomic E-state index is 0.117. The van der Waals surface area contributed by atoms with E-state index in [1.54, 1.807) is 17.0 Å². The van der Waals surface area contributed by atoms with Crippen molar-refractivity contribution in [1.29, 1.82) is 0 Å². The molecule has 10 heteroatoms. The van der Waals surface area contributed by atoms with E-state index in [9.17, 15) is 22.8 Å². The van der Waals surface area contributed by atoms with Crippen LogP contribution in [0.4, 0.5) is 25.0 Å². The molecule has 0 atom stereocenters. The quantitative estimate of drug-likeness (QED) is 0.407. The monoisotopic (exact) mass is 518 g/mol. The molecule has 200 valence electrons. The first kappa shape index (κ1) is 25.7. The third kappa shape index (κ3) is 6.33. The molecule has 2 aliphatic heterocycles. The number of carbonyl (C=O) groups excluding carboxylic acids is 2. The Hall–Kier alpha value is -2.91. The van der Waals surface area contributed by atoms with E-state index in [1.807, 2.05) is 0 Å². The van der Waals surface area contributed by atoms with E-state index in [-0.39, 0.29) is 18.4 Å². The Morgan fingerprint density at radius 2 is 1.70 bits per heavy atom. The number of pyridine rings is 1. The van der Waals surface area contributed by atoms with Gasteiger partial charge in [0.15, 0.2) is 5.69 Å². The van der Waals surface area contributed by atoms with Crippen LogP contribution in [0.3, 0.4) is 0 Å². The summed E-state index contributed by atoms with van der Waals surface area (Å²) in [4.78, 5) is 37.2. The molecule has 3 aliphatic rings. The van der Waals surface area contributed by atoms with Crippen molar-refractivity contribution in [3.8, 4) is 0 Å². The van der Waals surface area contributed by atoms with Crippen LogP contribution in [0.25, 0.3) is 0 Å². The van der Waals surface area contributed by atoms with Gasteiger partial charge in [-0.1, -0.05) is 18.9 Å². The molecule has 0 N–H and O–H groups in total. The Bertz CT molecular complexity index is 1100. The number of carbonyl (C=O) groups is 2. The number of aromatic nitrogens is 2. The number of alkyl halides is 3. The van der Waals surface area contributed by atoms with Gasteiger partial charge in [-0.05, 0) is 56.1 Å². The van der Waals surface area contributed by atoms with Gasteiger partial charge in [0.05, 0.1) is 0 Å². The highest BCUT2D eigenvalue weighted by atomic mass is 19.4. The molecule has 7 nitrogen and oxygen atoms in total. The number of piperidine rings is 2. The van der Waals surface area contributed by atoms with Crippen LogP contribution < -0.4 is 9.80 Å². The molecule has 3 fully saturated rings. The normalized spacial score (nSPS) is 19.3. The molecule has 2 aromatic heterocycles. The van der Waals surface area contributed by atoms with E-state index < -0.39 is 23.4 Å². The van der Waals surface area contributed by atoms with Crippen molar-refractivity contribution in [2.45, 2.75) is 70.4 Å². The maximum absolute atomic E-state index is 13.6. The number of oxazole rings is 1. The van der Waals surface area contributed by atoms with Crippen molar-refractivity contribution < 1.29 is 27.2 Å². The highest BCUT2D eigenvalue weighted by molar-refractivity contribution is 5.96. The molecule has 37 heavy (non-hydrogen) atoms. The zero-order valence-electron chi connectivity index (χ0n) is 20.9. The number of hydrogen-bond acceptors (Lipinski definition) is 7. The molecule has 0 spiro atoms. The maximum atomic E-state index is 13.6. The summed E-state index contributed by atoms with van der Waals surface area (Å²) < 4.78 is 46.2. The van der Waals surface area contributed by atoms with Gasteiger partial charge in [0.25, 0.3) is 6.01 Å². The van der Waals surface area contributed by atoms with Crippen molar-refractivity contribution in [2.75, 3.05) is 36.0 Å².